The summed E-state index contributed by atoms with van der Waals surface area (Å²) in [7, 11) is -4.51. The zero-order chi connectivity index (χ0) is 15.5. The highest BCUT2D eigenvalue weighted by molar-refractivity contribution is 7.86. The molecule has 21 heavy (non-hydrogen) atoms. The molecule has 0 aromatic heterocycles. The van der Waals surface area contributed by atoms with Gasteiger partial charge in [-0.1, -0.05) is 18.2 Å². The van der Waals surface area contributed by atoms with E-state index in [1.807, 2.05) is 0 Å². The van der Waals surface area contributed by atoms with E-state index in [0.29, 0.717) is 5.56 Å². The van der Waals surface area contributed by atoms with E-state index >= 15 is 0 Å². The second-order valence-corrected chi connectivity index (χ2v) is 5.47. The van der Waals surface area contributed by atoms with Gasteiger partial charge >= 0.3 is 15.8 Å². The van der Waals surface area contributed by atoms with Crippen LogP contribution in [0.3, 0.4) is 0 Å². The predicted octanol–water partition coefficient (Wildman–Crippen LogP) is 2.67. The summed E-state index contributed by atoms with van der Waals surface area (Å²) in [6, 6.07) is 11.8. The van der Waals surface area contributed by atoms with Gasteiger partial charge in [0, 0.05) is 11.3 Å². The molecule has 2 N–H and O–H groups in total. The van der Waals surface area contributed by atoms with E-state index in [-0.39, 0.29) is 11.4 Å². The van der Waals surface area contributed by atoms with Crippen LogP contribution in [0.25, 0.3) is 4.98 Å². The summed E-state index contributed by atoms with van der Waals surface area (Å²) < 4.78 is 31.1. The van der Waals surface area contributed by atoms with Crippen LogP contribution in [-0.4, -0.2) is 18.9 Å². The Hall–Kier alpha value is -2.76. The maximum atomic E-state index is 11.9. The number of nitrogens with zero attached hydrogens (tertiary/aromatic N) is 2. The van der Waals surface area contributed by atoms with Crippen molar-refractivity contribution in [2.24, 2.45) is 0 Å². The monoisotopic (exact) mass is 304 g/mol. The lowest BCUT2D eigenvalue weighted by Gasteiger charge is -2.04. The molecule has 0 saturated heterocycles. The predicted molar refractivity (Wildman–Crippen MR) is 75.4 cm³/mol. The number of carbonyl (C=O) groups excluding carboxylic acids is 1. The third kappa shape index (κ3) is 3.42. The van der Waals surface area contributed by atoms with Gasteiger partial charge in [0.2, 0.25) is 5.39 Å². The van der Waals surface area contributed by atoms with Crippen molar-refractivity contribution in [2.75, 3.05) is 5.32 Å². The van der Waals surface area contributed by atoms with Crippen LogP contribution in [-0.2, 0) is 10.1 Å². The Morgan fingerprint density at radius 1 is 1.14 bits per heavy atom. The minimum Gasteiger partial charge on any atom is -0.322 e. The lowest BCUT2D eigenvalue weighted by molar-refractivity contribution is 0.102. The van der Waals surface area contributed by atoms with Gasteiger partial charge < -0.3 is 5.32 Å². The van der Waals surface area contributed by atoms with Gasteiger partial charge in [0.1, 0.15) is 0 Å². The van der Waals surface area contributed by atoms with E-state index in [9.17, 15) is 13.2 Å². The molecular formula is C13H10N3O4S+. The van der Waals surface area contributed by atoms with E-state index in [0.717, 1.165) is 12.1 Å². The number of anilines is 1. The van der Waals surface area contributed by atoms with Crippen molar-refractivity contribution in [3.8, 4) is 0 Å². The molecule has 0 atom stereocenters. The molecule has 0 saturated carbocycles. The first-order valence-electron chi connectivity index (χ1n) is 5.75. The van der Waals surface area contributed by atoms with E-state index in [1.165, 1.54) is 6.07 Å². The van der Waals surface area contributed by atoms with Crippen molar-refractivity contribution in [3.63, 3.8) is 0 Å². The Morgan fingerprint density at radius 3 is 2.38 bits per heavy atom. The zero-order valence-electron chi connectivity index (χ0n) is 10.6. The molecular weight excluding hydrogens is 294 g/mol. The number of amides is 1. The summed E-state index contributed by atoms with van der Waals surface area (Å²) in [4.78, 5) is 14.2. The molecule has 2 aromatic rings. The zero-order valence-corrected chi connectivity index (χ0v) is 11.4. The number of hydrogen-bond donors (Lipinski definition) is 2. The molecule has 106 valence electrons. The fourth-order valence-electron chi connectivity index (χ4n) is 1.68. The van der Waals surface area contributed by atoms with Gasteiger partial charge in [-0.05, 0) is 24.3 Å². The van der Waals surface area contributed by atoms with Crippen molar-refractivity contribution in [1.82, 2.24) is 0 Å². The normalized spacial score (nSPS) is 10.7. The highest BCUT2D eigenvalue weighted by Crippen LogP contribution is 2.27. The molecule has 0 aliphatic carbocycles. The standard InChI is InChI=1S/C13H9N3O4S/c14-16-11-8-10(6-7-12(11)21(18,19)20)15-13(17)9-4-2-1-3-5-9/h1-8H,(H-,15,17,18,19,20)/p+1. The molecule has 0 heterocycles. The lowest BCUT2D eigenvalue weighted by Crippen LogP contribution is -2.11. The van der Waals surface area contributed by atoms with Crippen LogP contribution < -0.4 is 5.32 Å². The van der Waals surface area contributed by atoms with E-state index in [2.05, 4.69) is 10.3 Å². The second kappa shape index (κ2) is 5.70. The molecule has 7 nitrogen and oxygen atoms in total. The summed E-state index contributed by atoms with van der Waals surface area (Å²) in [5.74, 6) is -0.404. The van der Waals surface area contributed by atoms with E-state index in [4.69, 9.17) is 9.95 Å². The largest absolute Gasteiger partial charge is 0.408 e. The van der Waals surface area contributed by atoms with Crippen LogP contribution in [0.2, 0.25) is 0 Å². The maximum absolute atomic E-state index is 11.9. The first-order chi connectivity index (χ1) is 9.91. The third-order valence-electron chi connectivity index (χ3n) is 2.64. The molecule has 0 spiro atoms. The molecule has 2 rings (SSSR count). The van der Waals surface area contributed by atoms with E-state index < -0.39 is 20.9 Å². The number of benzene rings is 2. The summed E-state index contributed by atoms with van der Waals surface area (Å²) in [6.07, 6.45) is 0. The highest BCUT2D eigenvalue weighted by atomic mass is 32.2. The average Bonchev–Trinajstić information content (AvgIpc) is 2.46. The van der Waals surface area contributed by atoms with Crippen LogP contribution in [0, 0.1) is 5.39 Å². The lowest BCUT2D eigenvalue weighted by atomic mass is 10.2. The smallest absolute Gasteiger partial charge is 0.322 e. The number of hydrogen-bond acceptors (Lipinski definition) is 4. The summed E-state index contributed by atoms with van der Waals surface area (Å²) in [5, 5.41) is 11.3. The van der Waals surface area contributed by atoms with Gasteiger partial charge in [0.25, 0.3) is 5.91 Å². The third-order valence-corrected chi connectivity index (χ3v) is 3.54. The fourth-order valence-corrected chi connectivity index (χ4v) is 2.29. The van der Waals surface area contributed by atoms with Crippen LogP contribution in [0.4, 0.5) is 11.4 Å². The number of nitrogens with one attached hydrogen (secondary N) is 1. The molecule has 0 fully saturated rings. The summed E-state index contributed by atoms with van der Waals surface area (Å²) in [6.45, 7) is 0. The van der Waals surface area contributed by atoms with Crippen LogP contribution in [0.15, 0.2) is 53.4 Å². The minimum absolute atomic E-state index is 0.226. The van der Waals surface area contributed by atoms with Gasteiger partial charge in [0.15, 0.2) is 9.87 Å². The van der Waals surface area contributed by atoms with Crippen molar-refractivity contribution in [3.05, 3.63) is 59.1 Å². The van der Waals surface area contributed by atoms with Crippen molar-refractivity contribution >= 4 is 27.4 Å². The van der Waals surface area contributed by atoms with Crippen molar-refractivity contribution in [1.29, 1.82) is 5.39 Å². The fraction of sp³-hybridized carbons (Fsp3) is 0. The topological polar surface area (TPSA) is 112 Å². The number of diazo groups is 1. The first kappa shape index (κ1) is 14.6. The average molecular weight is 304 g/mol. The summed E-state index contributed by atoms with van der Waals surface area (Å²) in [5.41, 5.74) is 0.270. The molecule has 8 heteroatoms. The van der Waals surface area contributed by atoms with Crippen molar-refractivity contribution in [2.45, 2.75) is 4.90 Å². The minimum atomic E-state index is -4.51. The Labute approximate surface area is 120 Å². The van der Waals surface area contributed by atoms with Gasteiger partial charge in [-0.25, -0.2) is 0 Å². The SMILES string of the molecule is N#[N+]c1cc(NC(=O)c2ccccc2)ccc1S(=O)(=O)O. The van der Waals surface area contributed by atoms with Crippen LogP contribution in [0.1, 0.15) is 10.4 Å². The molecule has 2 aromatic carbocycles. The van der Waals surface area contributed by atoms with Gasteiger partial charge in [-0.3, -0.25) is 9.35 Å². The van der Waals surface area contributed by atoms with E-state index in [1.54, 1.807) is 30.3 Å². The Bertz CT molecular complexity index is 826. The van der Waals surface area contributed by atoms with Crippen LogP contribution >= 0.6 is 0 Å². The number of rotatable bonds is 3. The van der Waals surface area contributed by atoms with Gasteiger partial charge in [0.05, 0.1) is 6.07 Å². The quantitative estimate of drug-likeness (QED) is 0.668. The molecule has 0 unspecified atom stereocenters. The Kier molecular flexibility index (Phi) is 3.98. The summed E-state index contributed by atoms with van der Waals surface area (Å²) >= 11 is 0. The molecule has 0 bridgehead atoms. The number of carbonyl (C=O) groups is 1. The molecule has 0 aliphatic rings. The highest BCUT2D eigenvalue weighted by Gasteiger charge is 2.25. The Morgan fingerprint density at radius 2 is 1.81 bits per heavy atom. The maximum Gasteiger partial charge on any atom is 0.408 e. The van der Waals surface area contributed by atoms with Crippen molar-refractivity contribution < 1.29 is 17.8 Å². The molecule has 0 radical (unpaired) electrons. The first-order valence-corrected chi connectivity index (χ1v) is 7.19. The molecule has 1 amide bonds. The van der Waals surface area contributed by atoms with Crippen LogP contribution in [0.5, 0.6) is 0 Å². The molecule has 0 aliphatic heterocycles. The van der Waals surface area contributed by atoms with Gasteiger partial charge in [-0.15, -0.1) is 0 Å². The second-order valence-electron chi connectivity index (χ2n) is 4.08. The van der Waals surface area contributed by atoms with Gasteiger partial charge in [-0.2, -0.15) is 8.42 Å². The Balaban J connectivity index is 2.31.